The second kappa shape index (κ2) is 8.67. The molecule has 0 aliphatic rings. The summed E-state index contributed by atoms with van der Waals surface area (Å²) < 4.78 is 27.9. The third-order valence-corrected chi connectivity index (χ3v) is 6.37. The zero-order valence-electron chi connectivity index (χ0n) is 15.9. The molecule has 6 heteroatoms. The van der Waals surface area contributed by atoms with Crippen molar-refractivity contribution in [1.29, 1.82) is 0 Å². The van der Waals surface area contributed by atoms with E-state index in [0.717, 1.165) is 48.1 Å². The predicted octanol–water partition coefficient (Wildman–Crippen LogP) is 4.72. The van der Waals surface area contributed by atoms with Gasteiger partial charge in [0.05, 0.1) is 15.9 Å². The van der Waals surface area contributed by atoms with E-state index in [0.29, 0.717) is 12.5 Å². The molecule has 0 spiro atoms. The lowest BCUT2D eigenvalue weighted by atomic mass is 10.00. The van der Waals surface area contributed by atoms with E-state index >= 15 is 0 Å². The summed E-state index contributed by atoms with van der Waals surface area (Å²) in [7, 11) is -3.49. The predicted molar refractivity (Wildman–Crippen MR) is 110 cm³/mol. The van der Waals surface area contributed by atoms with Crippen LogP contribution in [0.5, 0.6) is 0 Å². The van der Waals surface area contributed by atoms with E-state index in [2.05, 4.69) is 28.5 Å². The van der Waals surface area contributed by atoms with Gasteiger partial charge in [0.2, 0.25) is 10.0 Å². The van der Waals surface area contributed by atoms with Crippen LogP contribution in [0.25, 0.3) is 22.4 Å². The molecular formula is C21H27N3O2S. The monoisotopic (exact) mass is 385 g/mol. The lowest BCUT2D eigenvalue weighted by molar-refractivity contribution is 0.444. The van der Waals surface area contributed by atoms with E-state index in [9.17, 15) is 8.42 Å². The summed E-state index contributed by atoms with van der Waals surface area (Å²) in [6.07, 6.45) is 4.30. The number of nitrogens with one attached hydrogen (secondary N) is 2. The Kier molecular flexibility index (Phi) is 6.29. The standard InChI is InChI=1S/C21H27N3O2S/c1-3-5-8-16(4-2)15-22-27(25,26)18-13-11-17(12-14-18)21-23-19-9-6-7-10-20(19)24-21/h6-7,9-14,16,22H,3-5,8,15H2,1-2H3,(H,23,24). The van der Waals surface area contributed by atoms with Gasteiger partial charge in [-0.3, -0.25) is 0 Å². The van der Waals surface area contributed by atoms with Crippen LogP contribution in [0.4, 0.5) is 0 Å². The molecule has 27 heavy (non-hydrogen) atoms. The maximum Gasteiger partial charge on any atom is 0.240 e. The van der Waals surface area contributed by atoms with Crippen molar-refractivity contribution in [1.82, 2.24) is 14.7 Å². The van der Waals surface area contributed by atoms with Crippen molar-refractivity contribution in [2.75, 3.05) is 6.54 Å². The second-order valence-corrected chi connectivity index (χ2v) is 8.66. The van der Waals surface area contributed by atoms with E-state index in [1.807, 2.05) is 24.3 Å². The average molecular weight is 386 g/mol. The molecule has 0 bridgehead atoms. The Labute approximate surface area is 161 Å². The average Bonchev–Trinajstić information content (AvgIpc) is 3.12. The number of aromatic amines is 1. The van der Waals surface area contributed by atoms with Crippen LogP contribution in [-0.4, -0.2) is 24.9 Å². The molecule has 0 amide bonds. The van der Waals surface area contributed by atoms with Crippen LogP contribution in [0.3, 0.4) is 0 Å². The molecule has 1 heterocycles. The molecule has 0 radical (unpaired) electrons. The molecule has 2 aromatic carbocycles. The molecular weight excluding hydrogens is 358 g/mol. The van der Waals surface area contributed by atoms with Gasteiger partial charge in [-0.25, -0.2) is 18.1 Å². The van der Waals surface area contributed by atoms with Gasteiger partial charge in [-0.1, -0.05) is 45.2 Å². The van der Waals surface area contributed by atoms with Gasteiger partial charge in [-0.15, -0.1) is 0 Å². The van der Waals surface area contributed by atoms with Gasteiger partial charge in [0.15, 0.2) is 0 Å². The third-order valence-electron chi connectivity index (χ3n) is 4.93. The Balaban J connectivity index is 1.71. The number of H-pyrrole nitrogens is 1. The molecule has 1 unspecified atom stereocenters. The smallest absolute Gasteiger partial charge is 0.240 e. The highest BCUT2D eigenvalue weighted by Gasteiger charge is 2.16. The number of sulfonamides is 1. The van der Waals surface area contributed by atoms with Gasteiger partial charge in [0.1, 0.15) is 5.82 Å². The number of fused-ring (bicyclic) bond motifs is 1. The minimum Gasteiger partial charge on any atom is -0.338 e. The maximum absolute atomic E-state index is 12.6. The van der Waals surface area contributed by atoms with Crippen molar-refractivity contribution in [3.8, 4) is 11.4 Å². The van der Waals surface area contributed by atoms with Crippen LogP contribution in [0.15, 0.2) is 53.4 Å². The number of aromatic nitrogens is 2. The summed E-state index contributed by atoms with van der Waals surface area (Å²) >= 11 is 0. The first kappa shape index (κ1) is 19.6. The largest absolute Gasteiger partial charge is 0.338 e. The topological polar surface area (TPSA) is 74.8 Å². The minimum absolute atomic E-state index is 0.285. The van der Waals surface area contributed by atoms with Crippen LogP contribution in [-0.2, 0) is 10.0 Å². The lowest BCUT2D eigenvalue weighted by Crippen LogP contribution is -2.29. The van der Waals surface area contributed by atoms with Crippen LogP contribution < -0.4 is 4.72 Å². The lowest BCUT2D eigenvalue weighted by Gasteiger charge is -2.15. The molecule has 5 nitrogen and oxygen atoms in total. The van der Waals surface area contributed by atoms with E-state index in [4.69, 9.17) is 0 Å². The number of hydrogen-bond donors (Lipinski definition) is 2. The van der Waals surface area contributed by atoms with E-state index in [1.54, 1.807) is 24.3 Å². The fraction of sp³-hybridized carbons (Fsp3) is 0.381. The molecule has 144 valence electrons. The van der Waals surface area contributed by atoms with E-state index < -0.39 is 10.0 Å². The van der Waals surface area contributed by atoms with Gasteiger partial charge < -0.3 is 4.98 Å². The van der Waals surface area contributed by atoms with Crippen LogP contribution in [0, 0.1) is 5.92 Å². The molecule has 0 saturated carbocycles. The minimum atomic E-state index is -3.49. The highest BCUT2D eigenvalue weighted by Crippen LogP contribution is 2.22. The zero-order valence-corrected chi connectivity index (χ0v) is 16.7. The van der Waals surface area contributed by atoms with E-state index in [1.165, 1.54) is 0 Å². The van der Waals surface area contributed by atoms with Crippen LogP contribution in [0.1, 0.15) is 39.5 Å². The first-order valence-corrected chi connectivity index (χ1v) is 11.1. The molecule has 0 aliphatic heterocycles. The number of nitrogens with zero attached hydrogens (tertiary/aromatic N) is 1. The summed E-state index contributed by atoms with van der Waals surface area (Å²) in [5.41, 5.74) is 2.71. The van der Waals surface area contributed by atoms with Crippen molar-refractivity contribution in [3.05, 3.63) is 48.5 Å². The molecule has 0 saturated heterocycles. The molecule has 1 aromatic heterocycles. The number of hydrogen-bond acceptors (Lipinski definition) is 3. The molecule has 1 atom stereocenters. The summed E-state index contributed by atoms with van der Waals surface area (Å²) in [6.45, 7) is 4.75. The maximum atomic E-state index is 12.6. The van der Waals surface area contributed by atoms with Gasteiger partial charge in [-0.2, -0.15) is 0 Å². The quantitative estimate of drug-likeness (QED) is 0.559. The van der Waals surface area contributed by atoms with Gasteiger partial charge in [0.25, 0.3) is 0 Å². The highest BCUT2D eigenvalue weighted by molar-refractivity contribution is 7.89. The third kappa shape index (κ3) is 4.76. The Morgan fingerprint density at radius 3 is 2.48 bits per heavy atom. The van der Waals surface area contributed by atoms with Gasteiger partial charge in [-0.05, 0) is 48.7 Å². The summed E-state index contributed by atoms with van der Waals surface area (Å²) in [5, 5.41) is 0. The van der Waals surface area contributed by atoms with Crippen molar-refractivity contribution in [2.45, 2.75) is 44.4 Å². The molecule has 0 fully saturated rings. The molecule has 3 aromatic rings. The summed E-state index contributed by atoms with van der Waals surface area (Å²) in [5.74, 6) is 1.12. The number of unbranched alkanes of at least 4 members (excludes halogenated alkanes) is 1. The SMILES string of the molecule is CCCCC(CC)CNS(=O)(=O)c1ccc(-c2nc3ccccc3[nH]2)cc1. The number of para-hydroxylation sites is 2. The Morgan fingerprint density at radius 2 is 1.81 bits per heavy atom. The highest BCUT2D eigenvalue weighted by atomic mass is 32.2. The number of benzene rings is 2. The van der Waals surface area contributed by atoms with Crippen molar-refractivity contribution >= 4 is 21.1 Å². The molecule has 3 rings (SSSR count). The van der Waals surface area contributed by atoms with Crippen molar-refractivity contribution < 1.29 is 8.42 Å². The van der Waals surface area contributed by atoms with E-state index in [-0.39, 0.29) is 4.90 Å². The Morgan fingerprint density at radius 1 is 1.07 bits per heavy atom. The summed E-state index contributed by atoms with van der Waals surface area (Å²) in [6, 6.07) is 14.7. The zero-order chi connectivity index (χ0) is 19.3. The normalized spacial score (nSPS) is 13.1. The molecule has 0 aliphatic carbocycles. The number of rotatable bonds is 9. The van der Waals surface area contributed by atoms with Gasteiger partial charge in [0, 0.05) is 12.1 Å². The first-order chi connectivity index (χ1) is 13.0. The van der Waals surface area contributed by atoms with Crippen molar-refractivity contribution in [3.63, 3.8) is 0 Å². The van der Waals surface area contributed by atoms with Gasteiger partial charge >= 0.3 is 0 Å². The second-order valence-electron chi connectivity index (χ2n) is 6.90. The fourth-order valence-corrected chi connectivity index (χ4v) is 4.25. The van der Waals surface area contributed by atoms with Crippen molar-refractivity contribution in [2.24, 2.45) is 5.92 Å². The molecule has 2 N–H and O–H groups in total. The Hall–Kier alpha value is -2.18. The van der Waals surface area contributed by atoms with Crippen LogP contribution >= 0.6 is 0 Å². The Bertz CT molecular complexity index is 945. The fourth-order valence-electron chi connectivity index (χ4n) is 3.14. The number of imidazole rings is 1. The summed E-state index contributed by atoms with van der Waals surface area (Å²) in [4.78, 5) is 8.10. The first-order valence-electron chi connectivity index (χ1n) is 9.58. The van der Waals surface area contributed by atoms with Crippen LogP contribution in [0.2, 0.25) is 0 Å².